The molecule has 18 heavy (non-hydrogen) atoms. The van der Waals surface area contributed by atoms with Gasteiger partial charge in [0.2, 0.25) is 0 Å². The summed E-state index contributed by atoms with van der Waals surface area (Å²) in [7, 11) is 1.79. The number of hydrogen-bond donors (Lipinski definition) is 1. The summed E-state index contributed by atoms with van der Waals surface area (Å²) < 4.78 is 7.27. The minimum absolute atomic E-state index is 0.290. The number of halogens is 1. The molecule has 0 aliphatic carbocycles. The first-order valence-electron chi connectivity index (χ1n) is 5.51. The van der Waals surface area contributed by atoms with Crippen molar-refractivity contribution >= 4 is 11.6 Å². The third-order valence-electron chi connectivity index (χ3n) is 2.58. The van der Waals surface area contributed by atoms with Gasteiger partial charge < -0.3 is 9.84 Å². The van der Waals surface area contributed by atoms with Crippen molar-refractivity contribution in [1.82, 2.24) is 14.8 Å². The molecule has 5 nitrogen and oxygen atoms in total. The van der Waals surface area contributed by atoms with Crippen LogP contribution in [-0.2, 0) is 13.7 Å². The molecule has 0 bridgehead atoms. The first kappa shape index (κ1) is 12.9. The summed E-state index contributed by atoms with van der Waals surface area (Å²) in [6.45, 7) is 1.96. The molecule has 6 heteroatoms. The third kappa shape index (κ3) is 2.80. The fourth-order valence-electron chi connectivity index (χ4n) is 1.57. The molecule has 0 saturated heterocycles. The van der Waals surface area contributed by atoms with Crippen LogP contribution < -0.4 is 4.74 Å². The molecule has 2 rings (SSSR count). The Bertz CT molecular complexity index is 540. The molecule has 0 aliphatic heterocycles. The Morgan fingerprint density at radius 1 is 1.50 bits per heavy atom. The summed E-state index contributed by atoms with van der Waals surface area (Å²) in [5, 5.41) is 14.2. The van der Waals surface area contributed by atoms with Gasteiger partial charge in [-0.2, -0.15) is 5.10 Å². The van der Waals surface area contributed by atoms with Crippen molar-refractivity contribution in [3.63, 3.8) is 0 Å². The first-order chi connectivity index (χ1) is 8.58. The lowest BCUT2D eigenvalue weighted by atomic mass is 10.1. The number of aliphatic hydroxyl groups excluding tert-OH is 1. The van der Waals surface area contributed by atoms with Gasteiger partial charge in [0, 0.05) is 17.6 Å². The van der Waals surface area contributed by atoms with E-state index in [-0.39, 0.29) is 6.61 Å². The van der Waals surface area contributed by atoms with Crippen molar-refractivity contribution < 1.29 is 9.84 Å². The normalized spacial score (nSPS) is 12.4. The predicted octanol–water partition coefficient (Wildman–Crippen LogP) is 2.10. The number of nitrogens with zero attached hydrogens (tertiary/aromatic N) is 3. The van der Waals surface area contributed by atoms with Gasteiger partial charge in [-0.05, 0) is 25.1 Å². The van der Waals surface area contributed by atoms with Gasteiger partial charge >= 0.3 is 0 Å². The maximum absolute atomic E-state index is 9.67. The molecule has 2 aromatic rings. The zero-order chi connectivity index (χ0) is 13.1. The zero-order valence-electron chi connectivity index (χ0n) is 10.2. The summed E-state index contributed by atoms with van der Waals surface area (Å²) in [5.41, 5.74) is 0.657. The van der Waals surface area contributed by atoms with Gasteiger partial charge in [0.25, 0.3) is 0 Å². The topological polar surface area (TPSA) is 60.2 Å². The Balaban J connectivity index is 2.16. The van der Waals surface area contributed by atoms with Crippen molar-refractivity contribution in [2.75, 3.05) is 0 Å². The molecular weight excluding hydrogens is 254 g/mol. The van der Waals surface area contributed by atoms with Gasteiger partial charge in [-0.25, -0.2) is 4.98 Å². The molecule has 0 spiro atoms. The average Bonchev–Trinajstić information content (AvgIpc) is 2.73. The Morgan fingerprint density at radius 3 is 2.89 bits per heavy atom. The van der Waals surface area contributed by atoms with Crippen LogP contribution in [0, 0.1) is 0 Å². The zero-order valence-corrected chi connectivity index (χ0v) is 10.9. The summed E-state index contributed by atoms with van der Waals surface area (Å²) in [4.78, 5) is 4.06. The number of aromatic nitrogens is 3. The maximum atomic E-state index is 9.67. The summed E-state index contributed by atoms with van der Waals surface area (Å²) in [6.07, 6.45) is 0.828. The minimum Gasteiger partial charge on any atom is -0.485 e. The minimum atomic E-state index is -0.641. The second-order valence-corrected chi connectivity index (χ2v) is 4.38. The largest absolute Gasteiger partial charge is 0.485 e. The van der Waals surface area contributed by atoms with Gasteiger partial charge in [-0.15, -0.1) is 0 Å². The number of ether oxygens (including phenoxy) is 1. The summed E-state index contributed by atoms with van der Waals surface area (Å²) in [5.74, 6) is 1.30. The van der Waals surface area contributed by atoms with Crippen LogP contribution in [0.5, 0.6) is 5.75 Å². The molecule has 0 saturated carbocycles. The molecule has 1 N–H and O–H groups in total. The standard InChI is InChI=1S/C12H14ClN3O2/c1-8(17)10-5-9(13)3-4-11(10)18-6-12-14-7-15-16(12)2/h3-5,7-8,17H,6H2,1-2H3/t8-/m1/s1. The van der Waals surface area contributed by atoms with Gasteiger partial charge in [-0.1, -0.05) is 11.6 Å². The highest BCUT2D eigenvalue weighted by molar-refractivity contribution is 6.30. The van der Waals surface area contributed by atoms with Gasteiger partial charge in [0.1, 0.15) is 18.7 Å². The smallest absolute Gasteiger partial charge is 0.164 e. The number of rotatable bonds is 4. The lowest BCUT2D eigenvalue weighted by Crippen LogP contribution is -2.06. The molecule has 1 heterocycles. The van der Waals surface area contributed by atoms with Crippen molar-refractivity contribution in [3.8, 4) is 5.75 Å². The van der Waals surface area contributed by atoms with Crippen LogP contribution in [0.4, 0.5) is 0 Å². The van der Waals surface area contributed by atoms with E-state index in [1.54, 1.807) is 36.9 Å². The Kier molecular flexibility index (Phi) is 3.84. The lowest BCUT2D eigenvalue weighted by molar-refractivity contribution is 0.189. The number of benzene rings is 1. The van der Waals surface area contributed by atoms with Gasteiger partial charge in [0.15, 0.2) is 5.82 Å². The lowest BCUT2D eigenvalue weighted by Gasteiger charge is -2.13. The van der Waals surface area contributed by atoms with Crippen LogP contribution in [0.1, 0.15) is 24.4 Å². The monoisotopic (exact) mass is 267 g/mol. The first-order valence-corrected chi connectivity index (χ1v) is 5.89. The van der Waals surface area contributed by atoms with E-state index < -0.39 is 6.10 Å². The maximum Gasteiger partial charge on any atom is 0.164 e. The number of aliphatic hydroxyl groups is 1. The second-order valence-electron chi connectivity index (χ2n) is 3.95. The molecular formula is C12H14ClN3O2. The van der Waals surface area contributed by atoms with Crippen LogP contribution in [0.2, 0.25) is 5.02 Å². The number of aryl methyl sites for hydroxylation is 1. The summed E-state index contributed by atoms with van der Waals surface area (Å²) in [6, 6.07) is 5.15. The quantitative estimate of drug-likeness (QED) is 0.922. The van der Waals surface area contributed by atoms with Gasteiger partial charge in [-0.3, -0.25) is 4.68 Å². The van der Waals surface area contributed by atoms with Crippen LogP contribution >= 0.6 is 11.6 Å². The van der Waals surface area contributed by atoms with Crippen LogP contribution in [-0.4, -0.2) is 19.9 Å². The molecule has 0 unspecified atom stereocenters. The van der Waals surface area contributed by atoms with Crippen LogP contribution in [0.25, 0.3) is 0 Å². The predicted molar refractivity (Wildman–Crippen MR) is 67.4 cm³/mol. The second kappa shape index (κ2) is 5.37. The fourth-order valence-corrected chi connectivity index (χ4v) is 1.75. The molecule has 96 valence electrons. The van der Waals surface area contributed by atoms with E-state index in [0.717, 1.165) is 0 Å². The van der Waals surface area contributed by atoms with E-state index in [1.807, 2.05) is 0 Å². The van der Waals surface area contributed by atoms with Crippen LogP contribution in [0.3, 0.4) is 0 Å². The van der Waals surface area contributed by atoms with E-state index in [1.165, 1.54) is 6.33 Å². The van der Waals surface area contributed by atoms with Crippen molar-refractivity contribution in [2.45, 2.75) is 19.6 Å². The highest BCUT2D eigenvalue weighted by Gasteiger charge is 2.11. The van der Waals surface area contributed by atoms with E-state index >= 15 is 0 Å². The molecule has 0 fully saturated rings. The van der Waals surface area contributed by atoms with E-state index in [4.69, 9.17) is 16.3 Å². The number of hydrogen-bond acceptors (Lipinski definition) is 4. The molecule has 0 amide bonds. The van der Waals surface area contributed by atoms with Crippen molar-refractivity contribution in [1.29, 1.82) is 0 Å². The highest BCUT2D eigenvalue weighted by atomic mass is 35.5. The third-order valence-corrected chi connectivity index (χ3v) is 2.82. The molecule has 0 aliphatic rings. The Hall–Kier alpha value is -1.59. The molecule has 0 radical (unpaired) electrons. The average molecular weight is 268 g/mol. The fraction of sp³-hybridized carbons (Fsp3) is 0.333. The van der Waals surface area contributed by atoms with E-state index in [9.17, 15) is 5.11 Å². The molecule has 1 aromatic heterocycles. The summed E-state index contributed by atoms with van der Waals surface area (Å²) >= 11 is 5.89. The van der Waals surface area contributed by atoms with E-state index in [0.29, 0.717) is 22.2 Å². The SMILES string of the molecule is C[C@@H](O)c1cc(Cl)ccc1OCc1ncnn1C. The van der Waals surface area contributed by atoms with Crippen molar-refractivity contribution in [3.05, 3.63) is 40.9 Å². The van der Waals surface area contributed by atoms with Crippen molar-refractivity contribution in [2.24, 2.45) is 7.05 Å². The highest BCUT2D eigenvalue weighted by Crippen LogP contribution is 2.28. The molecule has 1 aromatic carbocycles. The Labute approximate surface area is 110 Å². The Morgan fingerprint density at radius 2 is 2.28 bits per heavy atom. The van der Waals surface area contributed by atoms with Gasteiger partial charge in [0.05, 0.1) is 6.10 Å². The molecule has 1 atom stereocenters. The van der Waals surface area contributed by atoms with Crippen LogP contribution in [0.15, 0.2) is 24.5 Å². The van der Waals surface area contributed by atoms with E-state index in [2.05, 4.69) is 10.1 Å².